The summed E-state index contributed by atoms with van der Waals surface area (Å²) in [6.07, 6.45) is 2.86. The van der Waals surface area contributed by atoms with E-state index in [-0.39, 0.29) is 27.3 Å². The van der Waals surface area contributed by atoms with E-state index in [0.29, 0.717) is 19.4 Å². The molecule has 0 spiro atoms. The van der Waals surface area contributed by atoms with Crippen LogP contribution >= 0.6 is 0 Å². The Hall–Kier alpha value is 0.231. The Balaban J connectivity index is 3.35. The summed E-state index contributed by atoms with van der Waals surface area (Å²) in [7, 11) is -5.90. The Bertz CT molecular complexity index is 639. The number of hydrogen-bond donors (Lipinski definition) is 1. The van der Waals surface area contributed by atoms with Crippen LogP contribution in [-0.2, 0) is 13.3 Å². The molecule has 4 nitrogen and oxygen atoms in total. The van der Waals surface area contributed by atoms with Crippen LogP contribution in [-0.4, -0.2) is 55.0 Å². The second kappa shape index (κ2) is 10.3. The van der Waals surface area contributed by atoms with Crippen molar-refractivity contribution in [3.05, 3.63) is 11.6 Å². The Morgan fingerprint density at radius 3 is 1.33 bits per heavy atom. The molecule has 1 fully saturated rings. The monoisotopic (exact) mass is 516 g/mol. The predicted octanol–water partition coefficient (Wildman–Crippen LogP) is 7.87. The second-order valence-electron chi connectivity index (χ2n) is 14.6. The van der Waals surface area contributed by atoms with Gasteiger partial charge in [-0.3, -0.25) is 0 Å². The number of aliphatic hydroxyl groups is 1. The van der Waals surface area contributed by atoms with Gasteiger partial charge in [-0.1, -0.05) is 68.4 Å². The first-order valence-electron chi connectivity index (χ1n) is 12.8. The third-order valence-electron chi connectivity index (χ3n) is 8.77. The van der Waals surface area contributed by atoms with Gasteiger partial charge in [-0.15, -0.1) is 0 Å². The van der Waals surface area contributed by atoms with Crippen LogP contribution in [0, 0.1) is 0 Å². The molecule has 196 valence electrons. The smallest absolute Gasteiger partial charge is 0.192 e. The average molecular weight is 517 g/mol. The number of hydrogen-bond acceptors (Lipinski definition) is 4. The Labute approximate surface area is 209 Å². The first kappa shape index (κ1) is 31.3. The Kier molecular flexibility index (Phi) is 9.76. The van der Waals surface area contributed by atoms with Gasteiger partial charge in [-0.25, -0.2) is 0 Å². The molecule has 1 saturated carbocycles. The van der Waals surface area contributed by atoms with Gasteiger partial charge in [-0.2, -0.15) is 0 Å². The van der Waals surface area contributed by atoms with Crippen molar-refractivity contribution in [2.75, 3.05) is 6.61 Å². The van der Waals surface area contributed by atoms with Crippen molar-refractivity contribution >= 4 is 25.0 Å². The SMILES string of the molecule is CC(C)(C)[Si](C)(C)OCC=C1C(O[Si](C)(C)C(C)(C)C)CC(O)C[C@@H]1O[Si](C)(C)C(C)(C)C. The van der Waals surface area contributed by atoms with Crippen LogP contribution in [0.3, 0.4) is 0 Å². The zero-order chi connectivity index (χ0) is 26.3. The molecule has 1 aliphatic rings. The minimum absolute atomic E-state index is 0.105. The fourth-order valence-electron chi connectivity index (χ4n) is 3.19. The summed E-state index contributed by atoms with van der Waals surface area (Å²) in [4.78, 5) is 0. The van der Waals surface area contributed by atoms with Gasteiger partial charge in [0.2, 0.25) is 0 Å². The third-order valence-corrected chi connectivity index (χ3v) is 22.2. The van der Waals surface area contributed by atoms with Crippen molar-refractivity contribution in [2.45, 2.75) is 148 Å². The fraction of sp³-hybridized carbons (Fsp3) is 0.923. The van der Waals surface area contributed by atoms with E-state index in [4.69, 9.17) is 13.3 Å². The summed E-state index contributed by atoms with van der Waals surface area (Å²) < 4.78 is 20.3. The summed E-state index contributed by atoms with van der Waals surface area (Å²) >= 11 is 0. The molecule has 0 aromatic rings. The third kappa shape index (κ3) is 8.12. The molecule has 1 aliphatic carbocycles. The van der Waals surface area contributed by atoms with Crippen molar-refractivity contribution in [2.24, 2.45) is 0 Å². The molecule has 0 bridgehead atoms. The lowest BCUT2D eigenvalue weighted by atomic mass is 9.87. The normalized spacial score (nSPS) is 25.6. The molecule has 0 saturated heterocycles. The average Bonchev–Trinajstić information content (AvgIpc) is 2.53. The van der Waals surface area contributed by atoms with Gasteiger partial charge < -0.3 is 18.4 Å². The molecule has 2 unspecified atom stereocenters. The van der Waals surface area contributed by atoms with Crippen LogP contribution in [0.5, 0.6) is 0 Å². The van der Waals surface area contributed by atoms with Gasteiger partial charge in [0.25, 0.3) is 0 Å². The quantitative estimate of drug-likeness (QED) is 0.276. The van der Waals surface area contributed by atoms with Gasteiger partial charge >= 0.3 is 0 Å². The molecule has 3 atom stereocenters. The lowest BCUT2D eigenvalue weighted by Gasteiger charge is -2.47. The first-order valence-corrected chi connectivity index (χ1v) is 21.5. The van der Waals surface area contributed by atoms with E-state index in [1.165, 1.54) is 5.57 Å². The molecule has 0 heterocycles. The van der Waals surface area contributed by atoms with E-state index >= 15 is 0 Å². The summed E-state index contributed by atoms with van der Waals surface area (Å²) in [5.41, 5.74) is 1.19. The summed E-state index contributed by atoms with van der Waals surface area (Å²) in [6.45, 7) is 34.8. The van der Waals surface area contributed by atoms with Crippen LogP contribution in [0.2, 0.25) is 54.4 Å². The highest BCUT2D eigenvalue weighted by atomic mass is 28.4. The molecule has 1 rings (SSSR count). The molecule has 0 aliphatic heterocycles. The summed E-state index contributed by atoms with van der Waals surface area (Å²) in [5.74, 6) is 0. The van der Waals surface area contributed by atoms with Crippen molar-refractivity contribution in [3.8, 4) is 0 Å². The molecular formula is C26H56O4Si3. The zero-order valence-corrected chi connectivity index (χ0v) is 27.6. The largest absolute Gasteiger partial charge is 0.413 e. The van der Waals surface area contributed by atoms with Crippen LogP contribution < -0.4 is 0 Å². The zero-order valence-electron chi connectivity index (χ0n) is 24.6. The van der Waals surface area contributed by atoms with Crippen molar-refractivity contribution in [3.63, 3.8) is 0 Å². The van der Waals surface area contributed by atoms with Crippen molar-refractivity contribution in [1.82, 2.24) is 0 Å². The molecule has 0 aromatic carbocycles. The van der Waals surface area contributed by atoms with E-state index in [2.05, 4.69) is 108 Å². The molecular weight excluding hydrogens is 461 g/mol. The fourth-order valence-corrected chi connectivity index (χ4v) is 6.72. The number of rotatable bonds is 7. The van der Waals surface area contributed by atoms with Gasteiger partial charge in [0.15, 0.2) is 25.0 Å². The topological polar surface area (TPSA) is 47.9 Å². The van der Waals surface area contributed by atoms with E-state index in [0.717, 1.165) is 0 Å². The van der Waals surface area contributed by atoms with Crippen LogP contribution in [0.1, 0.15) is 75.2 Å². The van der Waals surface area contributed by atoms with Gasteiger partial charge in [0.1, 0.15) is 0 Å². The van der Waals surface area contributed by atoms with Gasteiger partial charge in [0, 0.05) is 12.8 Å². The van der Waals surface area contributed by atoms with Gasteiger partial charge in [0.05, 0.1) is 24.9 Å². The molecule has 1 N–H and O–H groups in total. The molecule has 0 amide bonds. The highest BCUT2D eigenvalue weighted by Gasteiger charge is 2.46. The maximum Gasteiger partial charge on any atom is 0.192 e. The minimum atomic E-state index is -2.02. The van der Waals surface area contributed by atoms with Crippen LogP contribution in [0.25, 0.3) is 0 Å². The lowest BCUT2D eigenvalue weighted by molar-refractivity contribution is 0.0241. The first-order chi connectivity index (χ1) is 14.4. The summed E-state index contributed by atoms with van der Waals surface area (Å²) in [6, 6.07) is 0. The van der Waals surface area contributed by atoms with Crippen molar-refractivity contribution in [1.29, 1.82) is 0 Å². The highest BCUT2D eigenvalue weighted by molar-refractivity contribution is 6.75. The Morgan fingerprint density at radius 2 is 1.03 bits per heavy atom. The predicted molar refractivity (Wildman–Crippen MR) is 151 cm³/mol. The van der Waals surface area contributed by atoms with E-state index < -0.39 is 31.1 Å². The maximum atomic E-state index is 10.8. The van der Waals surface area contributed by atoms with E-state index in [1.54, 1.807) is 0 Å². The standard InChI is InChI=1S/C26H56O4Si3/c1-24(2,3)31(10,11)28-17-16-21-22(29-32(12,13)25(4,5)6)18-20(27)19-23(21)30-33(14,15)26(7,8)9/h16,20,22-23,27H,17-19H2,1-15H3/t20?,22-,23?/m0/s1. The molecule has 33 heavy (non-hydrogen) atoms. The maximum absolute atomic E-state index is 10.8. The van der Waals surface area contributed by atoms with Crippen LogP contribution in [0.15, 0.2) is 11.6 Å². The molecule has 0 radical (unpaired) electrons. The van der Waals surface area contributed by atoms with Gasteiger partial charge in [-0.05, 0) is 60.0 Å². The highest BCUT2D eigenvalue weighted by Crippen LogP contribution is 2.44. The van der Waals surface area contributed by atoms with E-state index in [1.807, 2.05) is 0 Å². The Morgan fingerprint density at radius 1 is 0.697 bits per heavy atom. The number of aliphatic hydroxyl groups excluding tert-OH is 1. The minimum Gasteiger partial charge on any atom is -0.413 e. The summed E-state index contributed by atoms with van der Waals surface area (Å²) in [5, 5.41) is 11.2. The lowest BCUT2D eigenvalue weighted by Crippen LogP contribution is -2.52. The second-order valence-corrected chi connectivity index (χ2v) is 29.0. The van der Waals surface area contributed by atoms with Crippen molar-refractivity contribution < 1.29 is 18.4 Å². The van der Waals surface area contributed by atoms with Crippen LogP contribution in [0.4, 0.5) is 0 Å². The molecule has 0 aromatic heterocycles. The van der Waals surface area contributed by atoms with E-state index in [9.17, 15) is 5.11 Å². The molecule has 7 heteroatoms.